The van der Waals surface area contributed by atoms with Crippen LogP contribution in [0.2, 0.25) is 0 Å². The Labute approximate surface area is 249 Å². The van der Waals surface area contributed by atoms with E-state index in [2.05, 4.69) is 20.4 Å². The quantitative estimate of drug-likeness (QED) is 0.267. The first kappa shape index (κ1) is 32.3. The van der Waals surface area contributed by atoms with Crippen molar-refractivity contribution in [1.82, 2.24) is 25.2 Å². The summed E-state index contributed by atoms with van der Waals surface area (Å²) in [4.78, 5) is 20.5. The fourth-order valence-electron chi connectivity index (χ4n) is 5.37. The molecule has 3 aromatic rings. The van der Waals surface area contributed by atoms with E-state index in [1.54, 1.807) is 13.8 Å². The fourth-order valence-corrected chi connectivity index (χ4v) is 5.37. The number of rotatable bonds is 6. The number of alkyl halides is 9. The number of carbonyl (C=O) groups excluding carboxylic acids is 1. The van der Waals surface area contributed by atoms with E-state index in [-0.39, 0.29) is 35.7 Å². The summed E-state index contributed by atoms with van der Waals surface area (Å²) in [5, 5.41) is 11.7. The molecule has 45 heavy (non-hydrogen) atoms. The summed E-state index contributed by atoms with van der Waals surface area (Å²) in [6.45, 7) is 2.48. The third-order valence-corrected chi connectivity index (χ3v) is 7.40. The number of nitrogens with zero attached hydrogens (tertiary/aromatic N) is 7. The lowest BCUT2D eigenvalue weighted by molar-refractivity contribution is -0.143. The van der Waals surface area contributed by atoms with Crippen LogP contribution in [0.25, 0.3) is 0 Å². The molecule has 0 bridgehead atoms. The number of amides is 1. The van der Waals surface area contributed by atoms with Crippen LogP contribution >= 0.6 is 0 Å². The maximum Gasteiger partial charge on any atom is 0.433 e. The molecule has 2 atom stereocenters. The van der Waals surface area contributed by atoms with Crippen LogP contribution in [0, 0.1) is 5.92 Å². The Kier molecular flexibility index (Phi) is 8.14. The topological polar surface area (TPSA) is 89.3 Å². The van der Waals surface area contributed by atoms with Gasteiger partial charge in [-0.25, -0.2) is 9.78 Å². The molecule has 3 heterocycles. The van der Waals surface area contributed by atoms with Crippen LogP contribution in [0.15, 0.2) is 30.3 Å². The molecule has 2 aromatic heterocycles. The number of pyridine rings is 1. The molecule has 1 aliphatic heterocycles. The van der Waals surface area contributed by atoms with Crippen molar-refractivity contribution in [3.63, 3.8) is 0 Å². The van der Waals surface area contributed by atoms with Crippen LogP contribution in [0.5, 0.6) is 0 Å². The van der Waals surface area contributed by atoms with Crippen LogP contribution in [0.4, 0.5) is 55.9 Å². The van der Waals surface area contributed by atoms with E-state index >= 15 is 0 Å². The summed E-state index contributed by atoms with van der Waals surface area (Å²) in [6.07, 6.45) is -15.4. The number of aryl methyl sites for hydroxylation is 1. The monoisotopic (exact) mass is 651 g/mol. The Balaban J connectivity index is 1.69. The number of hydrogen-bond donors (Lipinski definition) is 0. The highest BCUT2D eigenvalue weighted by Gasteiger charge is 2.48. The molecule has 1 fully saturated rings. The van der Waals surface area contributed by atoms with Gasteiger partial charge in [0.1, 0.15) is 5.69 Å². The van der Waals surface area contributed by atoms with Gasteiger partial charge in [-0.15, -0.1) is 5.10 Å². The lowest BCUT2D eigenvalue weighted by Crippen LogP contribution is -2.50. The van der Waals surface area contributed by atoms with Gasteiger partial charge < -0.3 is 9.64 Å². The second-order valence-electron chi connectivity index (χ2n) is 11.2. The molecule has 244 valence electrons. The highest BCUT2D eigenvalue weighted by Crippen LogP contribution is 2.49. The molecule has 9 nitrogen and oxygen atoms in total. The number of tetrazole rings is 1. The maximum absolute atomic E-state index is 13.9. The summed E-state index contributed by atoms with van der Waals surface area (Å²) in [5.41, 5.74) is -5.28. The predicted octanol–water partition coefficient (Wildman–Crippen LogP) is 6.94. The van der Waals surface area contributed by atoms with E-state index in [1.807, 2.05) is 0 Å². The van der Waals surface area contributed by atoms with E-state index in [0.717, 1.165) is 15.8 Å². The minimum Gasteiger partial charge on any atom is -0.446 e. The molecule has 2 aliphatic rings. The minimum absolute atomic E-state index is 0.0250. The molecule has 1 saturated carbocycles. The molecule has 5 rings (SSSR count). The molecule has 0 saturated heterocycles. The smallest absolute Gasteiger partial charge is 0.433 e. The van der Waals surface area contributed by atoms with Gasteiger partial charge in [0.25, 0.3) is 5.95 Å². The highest BCUT2D eigenvalue weighted by molar-refractivity contribution is 5.90. The summed E-state index contributed by atoms with van der Waals surface area (Å²) < 4.78 is 129. The Morgan fingerprint density at radius 1 is 0.978 bits per heavy atom. The highest BCUT2D eigenvalue weighted by atomic mass is 19.4. The van der Waals surface area contributed by atoms with Crippen LogP contribution in [-0.4, -0.2) is 43.4 Å². The van der Waals surface area contributed by atoms with E-state index in [0.29, 0.717) is 31.0 Å². The number of carbonyl (C=O) groups is 1. The van der Waals surface area contributed by atoms with Gasteiger partial charge in [0.05, 0.1) is 41.7 Å². The van der Waals surface area contributed by atoms with Gasteiger partial charge in [0, 0.05) is 12.6 Å². The lowest BCUT2D eigenvalue weighted by atomic mass is 9.90. The molecular formula is C27H26F9N7O2. The Morgan fingerprint density at radius 3 is 2.09 bits per heavy atom. The minimum atomic E-state index is -5.14. The van der Waals surface area contributed by atoms with Gasteiger partial charge in [-0.3, -0.25) is 4.90 Å². The lowest BCUT2D eigenvalue weighted by Gasteiger charge is -2.43. The maximum atomic E-state index is 13.9. The van der Waals surface area contributed by atoms with E-state index in [1.165, 1.54) is 11.9 Å². The SMILES string of the molecule is CC(C)OC(=O)N1c2ccc(C(F)(F)F)nc2C(N(Cc2cc(C(F)(F)F)cc(C(F)(F)F)c2)c2nnn(C)n2)CC1C1CC1. The number of aromatic nitrogens is 5. The van der Waals surface area contributed by atoms with Crippen molar-refractivity contribution in [2.45, 2.75) is 76.4 Å². The molecule has 0 radical (unpaired) electrons. The van der Waals surface area contributed by atoms with Crippen molar-refractivity contribution in [2.24, 2.45) is 13.0 Å². The number of halogens is 9. The van der Waals surface area contributed by atoms with Crippen molar-refractivity contribution >= 4 is 17.7 Å². The predicted molar refractivity (Wildman–Crippen MR) is 139 cm³/mol. The molecule has 1 amide bonds. The summed E-state index contributed by atoms with van der Waals surface area (Å²) >= 11 is 0. The van der Waals surface area contributed by atoms with E-state index < -0.39 is 71.7 Å². The number of anilines is 2. The first-order valence-electron chi connectivity index (χ1n) is 13.7. The Morgan fingerprint density at radius 2 is 1.60 bits per heavy atom. The third kappa shape index (κ3) is 6.93. The van der Waals surface area contributed by atoms with Gasteiger partial charge in [-0.05, 0) is 80.1 Å². The molecule has 0 spiro atoms. The second-order valence-corrected chi connectivity index (χ2v) is 11.2. The summed E-state index contributed by atoms with van der Waals surface area (Å²) in [5.74, 6) is -0.393. The number of hydrogen-bond acceptors (Lipinski definition) is 7. The number of benzene rings is 1. The number of ether oxygens (including phenoxy) is 1. The zero-order valence-electron chi connectivity index (χ0n) is 23.9. The van der Waals surface area contributed by atoms with Crippen molar-refractivity contribution in [3.05, 3.63) is 58.4 Å². The van der Waals surface area contributed by atoms with Crippen molar-refractivity contribution < 1.29 is 49.0 Å². The first-order chi connectivity index (χ1) is 20.8. The van der Waals surface area contributed by atoms with Gasteiger partial charge in [-0.1, -0.05) is 5.10 Å². The third-order valence-electron chi connectivity index (χ3n) is 7.40. The molecule has 2 unspecified atom stereocenters. The Bertz CT molecular complexity index is 1530. The van der Waals surface area contributed by atoms with Crippen LogP contribution in [0.1, 0.15) is 67.2 Å². The summed E-state index contributed by atoms with van der Waals surface area (Å²) in [6, 6.07) is 0.876. The molecule has 18 heteroatoms. The van der Waals surface area contributed by atoms with Crippen LogP contribution in [0.3, 0.4) is 0 Å². The van der Waals surface area contributed by atoms with Crippen molar-refractivity contribution in [1.29, 1.82) is 0 Å². The van der Waals surface area contributed by atoms with Crippen molar-refractivity contribution in [2.75, 3.05) is 9.80 Å². The van der Waals surface area contributed by atoms with Crippen molar-refractivity contribution in [3.8, 4) is 0 Å². The van der Waals surface area contributed by atoms with Gasteiger partial charge in [-0.2, -0.15) is 44.3 Å². The zero-order chi connectivity index (χ0) is 33.1. The molecular weight excluding hydrogens is 625 g/mol. The normalized spacial score (nSPS) is 19.1. The average molecular weight is 652 g/mol. The second kappa shape index (κ2) is 11.3. The van der Waals surface area contributed by atoms with Gasteiger partial charge in [0.15, 0.2) is 0 Å². The molecule has 1 aromatic carbocycles. The first-order valence-corrected chi connectivity index (χ1v) is 13.7. The van der Waals surface area contributed by atoms with E-state index in [9.17, 15) is 44.3 Å². The van der Waals surface area contributed by atoms with E-state index in [4.69, 9.17) is 4.74 Å². The number of fused-ring (bicyclic) bond motifs is 1. The fraction of sp³-hybridized carbons (Fsp3) is 0.519. The van der Waals surface area contributed by atoms with Crippen LogP contribution in [-0.2, 0) is 36.9 Å². The van der Waals surface area contributed by atoms with Crippen LogP contribution < -0.4 is 9.80 Å². The largest absolute Gasteiger partial charge is 0.446 e. The van der Waals surface area contributed by atoms with Gasteiger partial charge >= 0.3 is 24.6 Å². The average Bonchev–Trinajstić information content (AvgIpc) is 3.68. The molecule has 0 N–H and O–H groups in total. The summed E-state index contributed by atoms with van der Waals surface area (Å²) in [7, 11) is 1.35. The standard InChI is InChI=1S/C27H26F9N7O2/c1-13(2)45-24(44)43-18-6-7-21(27(34,35)36)37-22(18)20(11-19(43)15-4-5-15)42(23-38-40-41(3)39-23)12-14-8-16(25(28,29)30)10-17(9-14)26(31,32)33/h6-10,13,15,19-20H,4-5,11-12H2,1-3H3. The molecule has 1 aliphatic carbocycles. The van der Waals surface area contributed by atoms with Gasteiger partial charge in [0.2, 0.25) is 0 Å². The Hall–Kier alpha value is -4.12. The zero-order valence-corrected chi connectivity index (χ0v) is 23.9.